The van der Waals surface area contributed by atoms with Crippen molar-refractivity contribution >= 4 is 45.8 Å². The average molecular weight is 476 g/mol. The van der Waals surface area contributed by atoms with E-state index in [1.165, 1.54) is 11.8 Å². The number of thioether (sulfide) groups is 1. The molecule has 1 amide bonds. The fourth-order valence-electron chi connectivity index (χ4n) is 3.79. The number of fused-ring (bicyclic) bond motifs is 2. The van der Waals surface area contributed by atoms with E-state index in [9.17, 15) is 4.79 Å². The molecule has 2 heterocycles. The molecule has 33 heavy (non-hydrogen) atoms. The van der Waals surface area contributed by atoms with Gasteiger partial charge in [-0.25, -0.2) is 5.01 Å². The summed E-state index contributed by atoms with van der Waals surface area (Å²) < 4.78 is 0. The molecule has 0 saturated heterocycles. The predicted octanol–water partition coefficient (Wildman–Crippen LogP) is 3.48. The van der Waals surface area contributed by atoms with Gasteiger partial charge in [0, 0.05) is 35.8 Å². The molecule has 3 aromatic rings. The first kappa shape index (κ1) is 21.6. The maximum absolute atomic E-state index is 13.2. The first-order valence-electron chi connectivity index (χ1n) is 10.5. The molecule has 1 N–H and O–H groups in total. The molecule has 5 rings (SSSR count). The highest BCUT2D eigenvalue weighted by Gasteiger charge is 2.34. The highest BCUT2D eigenvalue weighted by atomic mass is 35.5. The van der Waals surface area contributed by atoms with Gasteiger partial charge in [-0.1, -0.05) is 65.8 Å². The lowest BCUT2D eigenvalue weighted by Crippen LogP contribution is -2.50. The zero-order valence-electron chi connectivity index (χ0n) is 18.2. The number of carbonyl (C=O) groups excluding carboxylic acids is 1. The summed E-state index contributed by atoms with van der Waals surface area (Å²) >= 11 is 7.46. The molecule has 0 spiro atoms. The summed E-state index contributed by atoms with van der Waals surface area (Å²) in [5, 5.41) is 12.3. The van der Waals surface area contributed by atoms with E-state index in [0.717, 1.165) is 27.4 Å². The van der Waals surface area contributed by atoms with Crippen LogP contribution >= 0.6 is 23.4 Å². The van der Waals surface area contributed by atoms with Crippen molar-refractivity contribution in [2.75, 3.05) is 19.0 Å². The van der Waals surface area contributed by atoms with Crippen LogP contribution in [0.25, 0.3) is 5.70 Å². The fourth-order valence-corrected chi connectivity index (χ4v) is 4.72. The molecule has 0 radical (unpaired) electrons. The second kappa shape index (κ2) is 8.92. The van der Waals surface area contributed by atoms with Crippen LogP contribution in [-0.2, 0) is 10.5 Å². The van der Waals surface area contributed by atoms with E-state index < -0.39 is 6.17 Å². The van der Waals surface area contributed by atoms with E-state index in [4.69, 9.17) is 21.7 Å². The normalized spacial score (nSPS) is 16.9. The van der Waals surface area contributed by atoms with E-state index >= 15 is 0 Å². The number of amides is 1. The van der Waals surface area contributed by atoms with Crippen molar-refractivity contribution in [2.24, 2.45) is 10.1 Å². The fraction of sp³-hybridized carbons (Fsp3) is 0.160. The molecule has 166 valence electrons. The Morgan fingerprint density at radius 1 is 1.03 bits per heavy atom. The number of carbonyl (C=O) groups is 1. The van der Waals surface area contributed by atoms with Crippen LogP contribution in [0.3, 0.4) is 0 Å². The minimum Gasteiger partial charge on any atom is -0.378 e. The minimum atomic E-state index is -0.428. The van der Waals surface area contributed by atoms with Crippen molar-refractivity contribution in [1.82, 2.24) is 10.3 Å². The van der Waals surface area contributed by atoms with Gasteiger partial charge in [0.2, 0.25) is 0 Å². The van der Waals surface area contributed by atoms with Crippen LogP contribution in [0.4, 0.5) is 5.69 Å². The van der Waals surface area contributed by atoms with Crippen LogP contribution in [-0.4, -0.2) is 30.2 Å². The molecule has 0 bridgehead atoms. The van der Waals surface area contributed by atoms with Gasteiger partial charge in [0.15, 0.2) is 11.3 Å². The summed E-state index contributed by atoms with van der Waals surface area (Å²) in [7, 11) is 4.01. The van der Waals surface area contributed by atoms with Gasteiger partial charge in [0.05, 0.1) is 5.36 Å². The molecule has 0 aromatic heterocycles. The van der Waals surface area contributed by atoms with Gasteiger partial charge in [-0.15, -0.1) is 5.10 Å². The molecule has 2 aliphatic heterocycles. The van der Waals surface area contributed by atoms with Crippen molar-refractivity contribution in [3.63, 3.8) is 0 Å². The molecular weight excluding hydrogens is 454 g/mol. The average Bonchev–Trinajstić information content (AvgIpc) is 2.83. The number of hydrogen-bond donors (Lipinski definition) is 1. The largest absolute Gasteiger partial charge is 0.378 e. The lowest BCUT2D eigenvalue weighted by molar-refractivity contribution is -0.116. The van der Waals surface area contributed by atoms with Crippen molar-refractivity contribution < 1.29 is 4.79 Å². The number of amidine groups is 1. The Kier molecular flexibility index (Phi) is 5.83. The second-order valence-corrected chi connectivity index (χ2v) is 9.37. The van der Waals surface area contributed by atoms with E-state index in [-0.39, 0.29) is 5.91 Å². The number of halogens is 1. The topological polar surface area (TPSA) is 60.3 Å². The Bertz CT molecular complexity index is 1350. The number of rotatable bonds is 4. The van der Waals surface area contributed by atoms with E-state index in [1.807, 2.05) is 79.7 Å². The number of hydrogen-bond acceptors (Lipinski definition) is 6. The van der Waals surface area contributed by atoms with Crippen LogP contribution in [0, 0.1) is 0 Å². The van der Waals surface area contributed by atoms with Crippen LogP contribution in [0.5, 0.6) is 0 Å². The van der Waals surface area contributed by atoms with Gasteiger partial charge in [-0.05, 0) is 41.5 Å². The number of benzene rings is 3. The van der Waals surface area contributed by atoms with E-state index in [2.05, 4.69) is 17.4 Å². The van der Waals surface area contributed by atoms with Gasteiger partial charge in [0.1, 0.15) is 5.70 Å². The number of nitrogens with zero attached hydrogens (tertiary/aromatic N) is 4. The number of nitrogens with one attached hydrogen (secondary N) is 1. The first-order chi connectivity index (χ1) is 16.0. The third-order valence-corrected chi connectivity index (χ3v) is 6.70. The summed E-state index contributed by atoms with van der Waals surface area (Å²) in [6.07, 6.45) is -0.428. The molecule has 6 nitrogen and oxygen atoms in total. The van der Waals surface area contributed by atoms with Crippen LogP contribution < -0.4 is 20.8 Å². The highest BCUT2D eigenvalue weighted by Crippen LogP contribution is 2.32. The summed E-state index contributed by atoms with van der Waals surface area (Å²) in [5.41, 5.74) is 3.67. The van der Waals surface area contributed by atoms with Gasteiger partial charge in [0.25, 0.3) is 5.91 Å². The predicted molar refractivity (Wildman–Crippen MR) is 134 cm³/mol. The van der Waals surface area contributed by atoms with Crippen LogP contribution in [0.2, 0.25) is 5.02 Å². The Hall–Kier alpha value is -3.29. The van der Waals surface area contributed by atoms with Crippen molar-refractivity contribution in [3.05, 3.63) is 99.5 Å². The summed E-state index contributed by atoms with van der Waals surface area (Å²) in [4.78, 5) is 20.2. The first-order valence-corrected chi connectivity index (χ1v) is 11.9. The maximum Gasteiger partial charge on any atom is 0.276 e. The van der Waals surface area contributed by atoms with E-state index in [1.54, 1.807) is 5.01 Å². The third kappa shape index (κ3) is 4.34. The molecule has 0 unspecified atom stereocenters. The van der Waals surface area contributed by atoms with Crippen molar-refractivity contribution in [2.45, 2.75) is 11.9 Å². The lowest BCUT2D eigenvalue weighted by Gasteiger charge is -2.34. The highest BCUT2D eigenvalue weighted by molar-refractivity contribution is 8.13. The van der Waals surface area contributed by atoms with Crippen LogP contribution in [0.15, 0.2) is 82.9 Å². The number of para-hydroxylation sites is 1. The quantitative estimate of drug-likeness (QED) is 0.627. The number of anilines is 1. The molecule has 3 aromatic carbocycles. The standard InChI is InChI=1S/C25H22ClN5OS/c1-30(2)19-13-9-17(10-14-19)23-27-21-6-4-3-5-20(21)22-24(32)28-25(29-31(22)23)33-15-16-7-11-18(26)12-8-16/h3-14,23H,15H2,1-2H3,(H,28,29,32)/t23-/m0/s1. The SMILES string of the molecule is CN(C)c1ccc([C@H]2N=c3ccccc3=C3C(=O)NC(SCc4ccc(Cl)cc4)=NN32)cc1. The Balaban J connectivity index is 1.53. The molecule has 0 aliphatic carbocycles. The molecule has 2 aliphatic rings. The molecule has 1 atom stereocenters. The van der Waals surface area contributed by atoms with Gasteiger partial charge >= 0.3 is 0 Å². The molecule has 8 heteroatoms. The van der Waals surface area contributed by atoms with Crippen LogP contribution in [0.1, 0.15) is 17.3 Å². The molecular formula is C25H22ClN5OS. The van der Waals surface area contributed by atoms with Crippen molar-refractivity contribution in [1.29, 1.82) is 0 Å². The zero-order chi connectivity index (χ0) is 22.9. The summed E-state index contributed by atoms with van der Waals surface area (Å²) in [6.45, 7) is 0. The molecule has 0 saturated carbocycles. The van der Waals surface area contributed by atoms with E-state index in [0.29, 0.717) is 21.6 Å². The third-order valence-electron chi connectivity index (χ3n) is 5.51. The summed E-state index contributed by atoms with van der Waals surface area (Å²) in [6, 6.07) is 23.5. The second-order valence-electron chi connectivity index (χ2n) is 7.97. The zero-order valence-corrected chi connectivity index (χ0v) is 19.8. The Morgan fingerprint density at radius 3 is 2.48 bits per heavy atom. The monoisotopic (exact) mass is 475 g/mol. The molecule has 0 fully saturated rings. The van der Waals surface area contributed by atoms with Crippen molar-refractivity contribution in [3.8, 4) is 0 Å². The van der Waals surface area contributed by atoms with Gasteiger partial charge < -0.3 is 4.90 Å². The smallest absolute Gasteiger partial charge is 0.276 e. The van der Waals surface area contributed by atoms with Gasteiger partial charge in [-0.3, -0.25) is 15.1 Å². The maximum atomic E-state index is 13.2. The number of hydrazone groups is 1. The minimum absolute atomic E-state index is 0.180. The lowest BCUT2D eigenvalue weighted by atomic mass is 10.1. The summed E-state index contributed by atoms with van der Waals surface area (Å²) in [5.74, 6) is 0.482. The Morgan fingerprint density at radius 2 is 1.76 bits per heavy atom. The van der Waals surface area contributed by atoms with Gasteiger partial charge in [-0.2, -0.15) is 0 Å². The Labute approximate surface area is 201 Å².